The molecule has 154 valence electrons. The molecule has 4 rings (SSSR count). The predicted molar refractivity (Wildman–Crippen MR) is 121 cm³/mol. The van der Waals surface area contributed by atoms with Gasteiger partial charge < -0.3 is 15.5 Å². The Hall–Kier alpha value is -2.83. The van der Waals surface area contributed by atoms with Crippen LogP contribution in [-0.4, -0.2) is 24.9 Å². The molecule has 5 nitrogen and oxygen atoms in total. The van der Waals surface area contributed by atoms with Gasteiger partial charge in [-0.25, -0.2) is 0 Å². The van der Waals surface area contributed by atoms with Crippen molar-refractivity contribution in [2.75, 3.05) is 18.0 Å². The summed E-state index contributed by atoms with van der Waals surface area (Å²) in [5, 5.41) is 8.04. The van der Waals surface area contributed by atoms with Crippen LogP contribution in [0.1, 0.15) is 22.0 Å². The molecule has 2 N–H and O–H groups in total. The molecule has 0 saturated heterocycles. The predicted octanol–water partition coefficient (Wildman–Crippen LogP) is 3.94. The van der Waals surface area contributed by atoms with Gasteiger partial charge in [0.2, 0.25) is 0 Å². The molecule has 1 atom stereocenters. The van der Waals surface area contributed by atoms with Crippen molar-refractivity contribution < 1.29 is 9.59 Å². The molecule has 3 aromatic rings. The second kappa shape index (κ2) is 9.32. The molecule has 30 heavy (non-hydrogen) atoms. The number of hydrogen-bond acceptors (Lipinski definition) is 4. The summed E-state index contributed by atoms with van der Waals surface area (Å²) in [6.07, 6.45) is 0.977. The molecule has 0 saturated carbocycles. The minimum Gasteiger partial charge on any atom is -0.361 e. The van der Waals surface area contributed by atoms with Gasteiger partial charge in [0.15, 0.2) is 0 Å². The number of anilines is 1. The van der Waals surface area contributed by atoms with E-state index in [9.17, 15) is 9.59 Å². The van der Waals surface area contributed by atoms with Crippen molar-refractivity contribution in [3.63, 3.8) is 0 Å². The van der Waals surface area contributed by atoms with Gasteiger partial charge in [0.25, 0.3) is 0 Å². The van der Waals surface area contributed by atoms with Crippen molar-refractivity contribution in [3.8, 4) is 0 Å². The van der Waals surface area contributed by atoms with E-state index < -0.39 is 11.8 Å². The summed E-state index contributed by atoms with van der Waals surface area (Å²) in [6.45, 7) is 1.45. The summed E-state index contributed by atoms with van der Waals surface area (Å²) in [7, 11) is 0. The van der Waals surface area contributed by atoms with Gasteiger partial charge in [-0.3, -0.25) is 9.59 Å². The fourth-order valence-electron chi connectivity index (χ4n) is 3.70. The summed E-state index contributed by atoms with van der Waals surface area (Å²) in [4.78, 5) is 28.1. The Morgan fingerprint density at radius 1 is 1.00 bits per heavy atom. The first kappa shape index (κ1) is 20.4. The van der Waals surface area contributed by atoms with Crippen LogP contribution in [-0.2, 0) is 22.6 Å². The second-order valence-corrected chi connectivity index (χ2v) is 8.47. The Balaban J connectivity index is 1.40. The first-order chi connectivity index (χ1) is 14.6. The van der Waals surface area contributed by atoms with Crippen LogP contribution in [0.2, 0.25) is 5.02 Å². The summed E-state index contributed by atoms with van der Waals surface area (Å²) >= 11 is 7.76. The van der Waals surface area contributed by atoms with Gasteiger partial charge in [0.05, 0.1) is 6.04 Å². The molecule has 1 aromatic heterocycles. The van der Waals surface area contributed by atoms with Crippen molar-refractivity contribution in [1.82, 2.24) is 10.6 Å². The van der Waals surface area contributed by atoms with Crippen LogP contribution < -0.4 is 15.5 Å². The van der Waals surface area contributed by atoms with Crippen LogP contribution in [0.5, 0.6) is 0 Å². The largest absolute Gasteiger partial charge is 0.361 e. The molecule has 2 amide bonds. The van der Waals surface area contributed by atoms with E-state index in [4.69, 9.17) is 11.6 Å². The van der Waals surface area contributed by atoms with Crippen LogP contribution in [0.4, 0.5) is 5.69 Å². The SMILES string of the molecule is O=C(NCc1ccccc1Cl)C(=O)NC[C@H](c1cccs1)N1CCc2ccccc21. The smallest absolute Gasteiger partial charge is 0.309 e. The summed E-state index contributed by atoms with van der Waals surface area (Å²) in [5.41, 5.74) is 3.27. The zero-order valence-corrected chi connectivity index (χ0v) is 17.9. The highest BCUT2D eigenvalue weighted by Crippen LogP contribution is 2.36. The van der Waals surface area contributed by atoms with Gasteiger partial charge in [-0.05, 0) is 41.1 Å². The third-order valence-electron chi connectivity index (χ3n) is 5.23. The minimum absolute atomic E-state index is 0.0195. The number of carbonyl (C=O) groups excluding carboxylic acids is 2. The highest BCUT2D eigenvalue weighted by molar-refractivity contribution is 7.10. The zero-order valence-electron chi connectivity index (χ0n) is 16.3. The standard InChI is InChI=1S/C23H22ClN3O2S/c24-18-8-3-1-7-17(18)14-25-22(28)23(29)26-15-20(21-10-5-13-30-21)27-12-11-16-6-2-4-9-19(16)27/h1-10,13,20H,11-12,14-15H2,(H,25,28)(H,26,29)/t20-/m1/s1. The number of amides is 2. The van der Waals surface area contributed by atoms with Gasteiger partial charge in [0.1, 0.15) is 0 Å². The quantitative estimate of drug-likeness (QED) is 0.572. The average molecular weight is 440 g/mol. The number of benzene rings is 2. The minimum atomic E-state index is -0.665. The summed E-state index contributed by atoms with van der Waals surface area (Å²) < 4.78 is 0. The van der Waals surface area contributed by atoms with Gasteiger partial charge in [0, 0.05) is 35.2 Å². The van der Waals surface area contributed by atoms with Crippen molar-refractivity contribution in [2.45, 2.75) is 19.0 Å². The number of nitrogens with one attached hydrogen (secondary N) is 2. The lowest BCUT2D eigenvalue weighted by molar-refractivity contribution is -0.139. The van der Waals surface area contributed by atoms with Crippen LogP contribution in [0, 0.1) is 0 Å². The number of fused-ring (bicyclic) bond motifs is 1. The number of thiophene rings is 1. The normalized spacial score (nSPS) is 13.6. The number of carbonyl (C=O) groups is 2. The lowest BCUT2D eigenvalue weighted by Crippen LogP contribution is -2.43. The van der Waals surface area contributed by atoms with Gasteiger partial charge in [-0.15, -0.1) is 11.3 Å². The highest BCUT2D eigenvalue weighted by Gasteiger charge is 2.28. The van der Waals surface area contributed by atoms with Crippen LogP contribution >= 0.6 is 22.9 Å². The van der Waals surface area contributed by atoms with E-state index >= 15 is 0 Å². The molecule has 1 aliphatic heterocycles. The molecule has 0 aliphatic carbocycles. The van der Waals surface area contributed by atoms with E-state index in [2.05, 4.69) is 33.7 Å². The number of hydrogen-bond donors (Lipinski definition) is 2. The van der Waals surface area contributed by atoms with Crippen LogP contribution in [0.3, 0.4) is 0 Å². The van der Waals surface area contributed by atoms with Crippen molar-refractivity contribution in [1.29, 1.82) is 0 Å². The molecule has 0 bridgehead atoms. The van der Waals surface area contributed by atoms with E-state index in [0.29, 0.717) is 11.6 Å². The van der Waals surface area contributed by atoms with E-state index in [0.717, 1.165) is 23.4 Å². The van der Waals surface area contributed by atoms with Gasteiger partial charge in [-0.2, -0.15) is 0 Å². The summed E-state index contributed by atoms with van der Waals surface area (Å²) in [6, 6.07) is 19.6. The molecule has 2 heterocycles. The first-order valence-corrected chi connectivity index (χ1v) is 11.1. The Morgan fingerprint density at radius 3 is 2.57 bits per heavy atom. The molecule has 0 spiro atoms. The first-order valence-electron chi connectivity index (χ1n) is 9.81. The van der Waals surface area contributed by atoms with E-state index in [1.54, 1.807) is 17.4 Å². The Kier molecular flexibility index (Phi) is 6.35. The third kappa shape index (κ3) is 4.50. The Bertz CT molecular complexity index is 1040. The van der Waals surface area contributed by atoms with Crippen molar-refractivity contribution in [2.24, 2.45) is 0 Å². The van der Waals surface area contributed by atoms with Crippen molar-refractivity contribution >= 4 is 40.4 Å². The second-order valence-electron chi connectivity index (χ2n) is 7.09. The number of nitrogens with zero attached hydrogens (tertiary/aromatic N) is 1. The maximum absolute atomic E-state index is 12.4. The molecular weight excluding hydrogens is 418 g/mol. The summed E-state index contributed by atoms with van der Waals surface area (Å²) in [5.74, 6) is -1.31. The third-order valence-corrected chi connectivity index (χ3v) is 6.57. The van der Waals surface area contributed by atoms with E-state index in [-0.39, 0.29) is 12.6 Å². The maximum Gasteiger partial charge on any atom is 0.309 e. The molecule has 7 heteroatoms. The number of para-hydroxylation sites is 1. The van der Waals surface area contributed by atoms with Crippen LogP contribution in [0.15, 0.2) is 66.0 Å². The molecule has 0 fully saturated rings. The van der Waals surface area contributed by atoms with Gasteiger partial charge >= 0.3 is 11.8 Å². The molecular formula is C23H22ClN3O2S. The lowest BCUT2D eigenvalue weighted by Gasteiger charge is -2.30. The topological polar surface area (TPSA) is 61.4 Å². The maximum atomic E-state index is 12.4. The number of rotatable bonds is 6. The molecule has 2 aromatic carbocycles. The highest BCUT2D eigenvalue weighted by atomic mass is 35.5. The molecule has 0 radical (unpaired) electrons. The Labute approximate surface area is 184 Å². The molecule has 1 aliphatic rings. The number of halogens is 1. The van der Waals surface area contributed by atoms with Crippen LogP contribution in [0.25, 0.3) is 0 Å². The average Bonchev–Trinajstić information content (AvgIpc) is 3.44. The fraction of sp³-hybridized carbons (Fsp3) is 0.217. The Morgan fingerprint density at radius 2 is 1.77 bits per heavy atom. The van der Waals surface area contributed by atoms with Crippen molar-refractivity contribution in [3.05, 3.63) is 87.1 Å². The monoisotopic (exact) mass is 439 g/mol. The fourth-order valence-corrected chi connectivity index (χ4v) is 4.74. The van der Waals surface area contributed by atoms with Gasteiger partial charge in [-0.1, -0.05) is 54.1 Å². The molecule has 0 unspecified atom stereocenters. The van der Waals surface area contributed by atoms with E-state index in [1.807, 2.05) is 41.8 Å². The zero-order chi connectivity index (χ0) is 20.9. The van der Waals surface area contributed by atoms with E-state index in [1.165, 1.54) is 11.3 Å². The lowest BCUT2D eigenvalue weighted by atomic mass is 10.1.